The maximum Gasteiger partial charge on any atom is 0.122 e. The van der Waals surface area contributed by atoms with Crippen LogP contribution in [-0.4, -0.2) is 6.61 Å². The molecule has 4 heteroatoms. The van der Waals surface area contributed by atoms with E-state index in [4.69, 9.17) is 10.6 Å². The summed E-state index contributed by atoms with van der Waals surface area (Å²) in [6, 6.07) is 9.03. The minimum Gasteiger partial charge on any atom is -0.493 e. The Morgan fingerprint density at radius 1 is 1.33 bits per heavy atom. The normalized spacial score (nSPS) is 14.8. The zero-order valence-corrected chi connectivity index (χ0v) is 13.4. The number of ether oxygens (including phenoxy) is 1. The van der Waals surface area contributed by atoms with Gasteiger partial charge in [-0.2, -0.15) is 0 Å². The third-order valence-electron chi connectivity index (χ3n) is 4.21. The summed E-state index contributed by atoms with van der Waals surface area (Å²) in [6.07, 6.45) is 3.07. The molecule has 112 valence electrons. The maximum absolute atomic E-state index is 5.76. The highest BCUT2D eigenvalue weighted by Gasteiger charge is 2.15. The van der Waals surface area contributed by atoms with Gasteiger partial charge in [-0.15, -0.1) is 11.3 Å². The Hall–Kier alpha value is -1.36. The Kier molecular flexibility index (Phi) is 4.29. The molecule has 1 unspecified atom stereocenters. The van der Waals surface area contributed by atoms with Crippen molar-refractivity contribution in [3.63, 3.8) is 0 Å². The summed E-state index contributed by atoms with van der Waals surface area (Å²) in [5.74, 6) is 6.81. The molecule has 0 spiro atoms. The largest absolute Gasteiger partial charge is 0.493 e. The molecule has 1 aromatic heterocycles. The van der Waals surface area contributed by atoms with Crippen molar-refractivity contribution in [2.45, 2.75) is 39.2 Å². The zero-order chi connectivity index (χ0) is 14.8. The predicted molar refractivity (Wildman–Crippen MR) is 87.8 cm³/mol. The van der Waals surface area contributed by atoms with Gasteiger partial charge in [0.05, 0.1) is 12.6 Å². The summed E-state index contributed by atoms with van der Waals surface area (Å²) in [4.78, 5) is 2.71. The molecular weight excluding hydrogens is 280 g/mol. The van der Waals surface area contributed by atoms with Gasteiger partial charge in [-0.25, -0.2) is 0 Å². The molecule has 3 nitrogen and oxygen atoms in total. The number of hydrazine groups is 1. The van der Waals surface area contributed by atoms with Crippen LogP contribution >= 0.6 is 11.3 Å². The number of benzene rings is 1. The molecule has 1 aromatic carbocycles. The summed E-state index contributed by atoms with van der Waals surface area (Å²) in [6.45, 7) is 5.14. The molecule has 0 radical (unpaired) electrons. The lowest BCUT2D eigenvalue weighted by Gasteiger charge is -2.14. The number of hydrogen-bond donors (Lipinski definition) is 2. The fraction of sp³-hybridized carbons (Fsp3) is 0.412. The van der Waals surface area contributed by atoms with Crippen molar-refractivity contribution in [1.29, 1.82) is 0 Å². The highest BCUT2D eigenvalue weighted by Crippen LogP contribution is 2.30. The van der Waals surface area contributed by atoms with Crippen LogP contribution in [0.2, 0.25) is 0 Å². The fourth-order valence-corrected chi connectivity index (χ4v) is 3.92. The van der Waals surface area contributed by atoms with Crippen molar-refractivity contribution in [3.05, 3.63) is 50.7 Å². The van der Waals surface area contributed by atoms with E-state index < -0.39 is 0 Å². The number of nitrogens with one attached hydrogen (secondary N) is 1. The molecule has 0 aliphatic carbocycles. The van der Waals surface area contributed by atoms with E-state index in [0.717, 1.165) is 31.6 Å². The Labute approximate surface area is 130 Å². The molecule has 1 aliphatic rings. The lowest BCUT2D eigenvalue weighted by Crippen LogP contribution is -2.27. The average molecular weight is 302 g/mol. The number of rotatable bonds is 5. The molecular formula is C17H22N2OS. The molecule has 3 N–H and O–H groups in total. The van der Waals surface area contributed by atoms with Crippen LogP contribution in [0.5, 0.6) is 5.75 Å². The maximum atomic E-state index is 5.76. The molecule has 0 saturated carbocycles. The van der Waals surface area contributed by atoms with Crippen LogP contribution in [0.3, 0.4) is 0 Å². The lowest BCUT2D eigenvalue weighted by molar-refractivity contribution is 0.357. The first kappa shape index (κ1) is 14.6. The summed E-state index contributed by atoms with van der Waals surface area (Å²) in [5, 5.41) is 0. The Morgan fingerprint density at radius 2 is 2.19 bits per heavy atom. The summed E-state index contributed by atoms with van der Waals surface area (Å²) >= 11 is 1.84. The molecule has 0 bridgehead atoms. The molecule has 21 heavy (non-hydrogen) atoms. The van der Waals surface area contributed by atoms with Crippen molar-refractivity contribution < 1.29 is 4.74 Å². The minimum atomic E-state index is 0.229. The smallest absolute Gasteiger partial charge is 0.122 e. The second-order valence-electron chi connectivity index (χ2n) is 5.69. The molecule has 0 fully saturated rings. The van der Waals surface area contributed by atoms with E-state index in [1.54, 1.807) is 0 Å². The van der Waals surface area contributed by atoms with Gasteiger partial charge in [0.25, 0.3) is 0 Å². The summed E-state index contributed by atoms with van der Waals surface area (Å²) in [5.41, 5.74) is 7.02. The second kappa shape index (κ2) is 6.18. The first-order valence-electron chi connectivity index (χ1n) is 7.45. The van der Waals surface area contributed by atoms with E-state index in [0.29, 0.717) is 0 Å². The Bertz CT molecular complexity index is 616. The van der Waals surface area contributed by atoms with Gasteiger partial charge in [0, 0.05) is 16.2 Å². The second-order valence-corrected chi connectivity index (χ2v) is 6.97. The van der Waals surface area contributed by atoms with Crippen LogP contribution < -0.4 is 16.0 Å². The lowest BCUT2D eigenvalue weighted by atomic mass is 10.0. The van der Waals surface area contributed by atoms with E-state index in [2.05, 4.69) is 43.5 Å². The molecule has 0 amide bonds. The van der Waals surface area contributed by atoms with Crippen molar-refractivity contribution in [2.24, 2.45) is 5.84 Å². The van der Waals surface area contributed by atoms with Gasteiger partial charge in [-0.3, -0.25) is 11.3 Å². The van der Waals surface area contributed by atoms with E-state index in [1.165, 1.54) is 26.4 Å². The van der Waals surface area contributed by atoms with Gasteiger partial charge < -0.3 is 4.74 Å². The average Bonchev–Trinajstić information content (AvgIpc) is 3.06. The fourth-order valence-electron chi connectivity index (χ4n) is 2.79. The third kappa shape index (κ3) is 3.12. The standard InChI is InChI=1S/C17H22N2OS/c1-11-9-17(21-12(11)2)15(19-18)5-3-13-4-6-16-14(10-13)7-8-20-16/h4,6,9-10,15,19H,3,5,7-8,18H2,1-2H3. The number of hydrogen-bond acceptors (Lipinski definition) is 4. The van der Waals surface area contributed by atoms with Crippen LogP contribution in [-0.2, 0) is 12.8 Å². The highest BCUT2D eigenvalue weighted by atomic mass is 32.1. The molecule has 2 aromatic rings. The first-order chi connectivity index (χ1) is 10.2. The van der Waals surface area contributed by atoms with Crippen molar-refractivity contribution in [2.75, 3.05) is 6.61 Å². The van der Waals surface area contributed by atoms with Crippen LogP contribution in [0, 0.1) is 13.8 Å². The van der Waals surface area contributed by atoms with Gasteiger partial charge in [0.1, 0.15) is 5.75 Å². The van der Waals surface area contributed by atoms with Gasteiger partial charge in [0.15, 0.2) is 0 Å². The number of aryl methyl sites for hydroxylation is 3. The molecule has 0 saturated heterocycles. The zero-order valence-electron chi connectivity index (χ0n) is 12.6. The molecule has 1 aliphatic heterocycles. The third-order valence-corrected chi connectivity index (χ3v) is 5.47. The summed E-state index contributed by atoms with van der Waals surface area (Å²) in [7, 11) is 0. The first-order valence-corrected chi connectivity index (χ1v) is 8.26. The molecule has 2 heterocycles. The SMILES string of the molecule is Cc1cc(C(CCc2ccc3c(c2)CCO3)NN)sc1C. The van der Waals surface area contributed by atoms with E-state index in [9.17, 15) is 0 Å². The van der Waals surface area contributed by atoms with Crippen LogP contribution in [0.4, 0.5) is 0 Å². The Morgan fingerprint density at radius 3 is 2.90 bits per heavy atom. The van der Waals surface area contributed by atoms with Crippen molar-refractivity contribution in [3.8, 4) is 5.75 Å². The minimum absolute atomic E-state index is 0.229. The van der Waals surface area contributed by atoms with Crippen molar-refractivity contribution >= 4 is 11.3 Å². The van der Waals surface area contributed by atoms with Crippen molar-refractivity contribution in [1.82, 2.24) is 5.43 Å². The Balaban J connectivity index is 1.67. The van der Waals surface area contributed by atoms with Crippen LogP contribution in [0.25, 0.3) is 0 Å². The summed E-state index contributed by atoms with van der Waals surface area (Å²) < 4.78 is 5.55. The van der Waals surface area contributed by atoms with Gasteiger partial charge in [-0.1, -0.05) is 12.1 Å². The monoisotopic (exact) mass is 302 g/mol. The molecule has 3 rings (SSSR count). The van der Waals surface area contributed by atoms with Crippen LogP contribution in [0.1, 0.15) is 38.9 Å². The van der Waals surface area contributed by atoms with Gasteiger partial charge in [0.2, 0.25) is 0 Å². The van der Waals surface area contributed by atoms with Crippen LogP contribution in [0.15, 0.2) is 24.3 Å². The van der Waals surface area contributed by atoms with Gasteiger partial charge in [-0.05, 0) is 55.5 Å². The highest BCUT2D eigenvalue weighted by molar-refractivity contribution is 7.12. The number of nitrogens with two attached hydrogens (primary N) is 1. The topological polar surface area (TPSA) is 47.3 Å². The number of fused-ring (bicyclic) bond motifs is 1. The van der Waals surface area contributed by atoms with E-state index in [1.807, 2.05) is 11.3 Å². The predicted octanol–water partition coefficient (Wildman–Crippen LogP) is 3.44. The van der Waals surface area contributed by atoms with E-state index in [-0.39, 0.29) is 6.04 Å². The quantitative estimate of drug-likeness (QED) is 0.657. The van der Waals surface area contributed by atoms with E-state index >= 15 is 0 Å². The number of thiophene rings is 1. The van der Waals surface area contributed by atoms with Gasteiger partial charge >= 0.3 is 0 Å². The molecule has 1 atom stereocenters.